The molecular formula is C15H12FN3O. The summed E-state index contributed by atoms with van der Waals surface area (Å²) in [5, 5.41) is 2.51. The van der Waals surface area contributed by atoms with Crippen LogP contribution >= 0.6 is 0 Å². The Morgan fingerprint density at radius 2 is 2.05 bits per heavy atom. The molecule has 2 aromatic carbocycles. The van der Waals surface area contributed by atoms with Crippen molar-refractivity contribution in [2.75, 3.05) is 7.05 Å². The van der Waals surface area contributed by atoms with E-state index in [1.807, 2.05) is 24.3 Å². The Morgan fingerprint density at radius 1 is 1.25 bits per heavy atom. The number of carbonyl (C=O) groups is 1. The van der Waals surface area contributed by atoms with Crippen molar-refractivity contribution in [2.24, 2.45) is 0 Å². The molecule has 2 N–H and O–H groups in total. The van der Waals surface area contributed by atoms with Gasteiger partial charge in [0.25, 0.3) is 5.91 Å². The summed E-state index contributed by atoms with van der Waals surface area (Å²) < 4.78 is 14.0. The normalized spacial score (nSPS) is 10.7. The zero-order valence-electron chi connectivity index (χ0n) is 10.8. The molecule has 0 aliphatic carbocycles. The highest BCUT2D eigenvalue weighted by Crippen LogP contribution is 2.24. The number of imidazole rings is 1. The Morgan fingerprint density at radius 3 is 2.80 bits per heavy atom. The largest absolute Gasteiger partial charge is 0.355 e. The summed E-state index contributed by atoms with van der Waals surface area (Å²) in [5.74, 6) is -0.270. The lowest BCUT2D eigenvalue weighted by atomic mass is 10.1. The molecule has 0 atom stereocenters. The lowest BCUT2D eigenvalue weighted by Crippen LogP contribution is -2.17. The van der Waals surface area contributed by atoms with Crippen molar-refractivity contribution in [3.8, 4) is 11.4 Å². The van der Waals surface area contributed by atoms with E-state index in [0.29, 0.717) is 11.4 Å². The monoisotopic (exact) mass is 269 g/mol. The van der Waals surface area contributed by atoms with Crippen molar-refractivity contribution in [1.82, 2.24) is 15.3 Å². The maximum Gasteiger partial charge on any atom is 0.251 e. The fourth-order valence-electron chi connectivity index (χ4n) is 2.07. The highest BCUT2D eigenvalue weighted by Gasteiger charge is 2.13. The summed E-state index contributed by atoms with van der Waals surface area (Å²) in [6, 6.07) is 11.7. The molecular weight excluding hydrogens is 257 g/mol. The average molecular weight is 269 g/mol. The van der Waals surface area contributed by atoms with E-state index < -0.39 is 5.82 Å². The first-order chi connectivity index (χ1) is 9.69. The van der Waals surface area contributed by atoms with Crippen LogP contribution in [0.3, 0.4) is 0 Å². The molecule has 0 aliphatic heterocycles. The van der Waals surface area contributed by atoms with Crippen LogP contribution in [0.1, 0.15) is 10.4 Å². The molecule has 20 heavy (non-hydrogen) atoms. The van der Waals surface area contributed by atoms with Gasteiger partial charge in [-0.3, -0.25) is 4.79 Å². The number of hydrogen-bond donors (Lipinski definition) is 2. The second-order valence-corrected chi connectivity index (χ2v) is 4.38. The molecule has 0 aliphatic rings. The number of benzene rings is 2. The molecule has 4 nitrogen and oxygen atoms in total. The predicted molar refractivity (Wildman–Crippen MR) is 74.9 cm³/mol. The van der Waals surface area contributed by atoms with E-state index in [1.54, 1.807) is 0 Å². The lowest BCUT2D eigenvalue weighted by molar-refractivity contribution is 0.0963. The van der Waals surface area contributed by atoms with Crippen LogP contribution < -0.4 is 5.32 Å². The third kappa shape index (κ3) is 2.03. The van der Waals surface area contributed by atoms with Crippen LogP contribution in [0.15, 0.2) is 42.5 Å². The SMILES string of the molecule is CNC(=O)c1ccc(F)c(-c2nc3ccccc3[nH]2)c1. The molecule has 0 fully saturated rings. The first-order valence-electron chi connectivity index (χ1n) is 6.16. The van der Waals surface area contributed by atoms with Crippen LogP contribution in [0.4, 0.5) is 4.39 Å². The molecule has 1 amide bonds. The zero-order valence-corrected chi connectivity index (χ0v) is 10.8. The number of aromatic nitrogens is 2. The summed E-state index contributed by atoms with van der Waals surface area (Å²) in [6.07, 6.45) is 0. The summed E-state index contributed by atoms with van der Waals surface area (Å²) in [7, 11) is 1.53. The molecule has 3 rings (SSSR count). The van der Waals surface area contributed by atoms with Gasteiger partial charge < -0.3 is 10.3 Å². The number of rotatable bonds is 2. The predicted octanol–water partition coefficient (Wildman–Crippen LogP) is 2.73. The summed E-state index contributed by atoms with van der Waals surface area (Å²) in [4.78, 5) is 19.0. The van der Waals surface area contributed by atoms with Crippen molar-refractivity contribution in [1.29, 1.82) is 0 Å². The van der Waals surface area contributed by atoms with Gasteiger partial charge in [0, 0.05) is 12.6 Å². The van der Waals surface area contributed by atoms with Crippen molar-refractivity contribution < 1.29 is 9.18 Å². The van der Waals surface area contributed by atoms with E-state index in [-0.39, 0.29) is 11.5 Å². The molecule has 0 unspecified atom stereocenters. The van der Waals surface area contributed by atoms with Gasteiger partial charge in [-0.05, 0) is 30.3 Å². The van der Waals surface area contributed by atoms with Crippen molar-refractivity contribution in [3.63, 3.8) is 0 Å². The standard InChI is InChI=1S/C15H12FN3O/c1-17-15(20)9-6-7-11(16)10(8-9)14-18-12-4-2-3-5-13(12)19-14/h2-8H,1H3,(H,17,20)(H,18,19). The van der Waals surface area contributed by atoms with Crippen LogP contribution in [0.5, 0.6) is 0 Å². The van der Waals surface area contributed by atoms with Crippen molar-refractivity contribution in [3.05, 3.63) is 53.8 Å². The Labute approximate surface area is 114 Å². The Bertz CT molecular complexity index is 762. The minimum atomic E-state index is -0.420. The van der Waals surface area contributed by atoms with E-state index >= 15 is 0 Å². The van der Waals surface area contributed by atoms with Gasteiger partial charge in [0.2, 0.25) is 0 Å². The lowest BCUT2D eigenvalue weighted by Gasteiger charge is -2.03. The maximum atomic E-state index is 14.0. The number of hydrogen-bond acceptors (Lipinski definition) is 2. The number of aromatic amines is 1. The molecule has 0 bridgehead atoms. The summed E-state index contributed by atoms with van der Waals surface area (Å²) in [6.45, 7) is 0. The van der Waals surface area contributed by atoms with Crippen LogP contribution in [-0.2, 0) is 0 Å². The minimum absolute atomic E-state index is 0.262. The Kier molecular flexibility index (Phi) is 2.95. The molecule has 0 spiro atoms. The number of amides is 1. The topological polar surface area (TPSA) is 57.8 Å². The van der Waals surface area contributed by atoms with Crippen molar-refractivity contribution in [2.45, 2.75) is 0 Å². The number of halogens is 1. The molecule has 0 radical (unpaired) electrons. The van der Waals surface area contributed by atoms with E-state index in [2.05, 4.69) is 15.3 Å². The van der Waals surface area contributed by atoms with E-state index in [0.717, 1.165) is 11.0 Å². The number of para-hydroxylation sites is 2. The van der Waals surface area contributed by atoms with Gasteiger partial charge in [-0.25, -0.2) is 9.37 Å². The zero-order chi connectivity index (χ0) is 14.1. The summed E-state index contributed by atoms with van der Waals surface area (Å²) >= 11 is 0. The molecule has 5 heteroatoms. The molecule has 0 saturated carbocycles. The second-order valence-electron chi connectivity index (χ2n) is 4.38. The number of H-pyrrole nitrogens is 1. The molecule has 0 saturated heterocycles. The van der Waals surface area contributed by atoms with Crippen LogP contribution in [-0.4, -0.2) is 22.9 Å². The second kappa shape index (κ2) is 4.77. The number of nitrogens with one attached hydrogen (secondary N) is 2. The van der Waals surface area contributed by atoms with Crippen LogP contribution in [0.25, 0.3) is 22.4 Å². The minimum Gasteiger partial charge on any atom is -0.355 e. The van der Waals surface area contributed by atoms with Gasteiger partial charge in [0.1, 0.15) is 11.6 Å². The van der Waals surface area contributed by atoms with Gasteiger partial charge in [-0.2, -0.15) is 0 Å². The molecule has 1 aromatic heterocycles. The number of nitrogens with zero attached hydrogens (tertiary/aromatic N) is 1. The number of carbonyl (C=O) groups excluding carboxylic acids is 1. The third-order valence-corrected chi connectivity index (χ3v) is 3.10. The van der Waals surface area contributed by atoms with Gasteiger partial charge >= 0.3 is 0 Å². The van der Waals surface area contributed by atoms with Gasteiger partial charge in [-0.15, -0.1) is 0 Å². The van der Waals surface area contributed by atoms with Crippen LogP contribution in [0.2, 0.25) is 0 Å². The van der Waals surface area contributed by atoms with Gasteiger partial charge in [0.15, 0.2) is 0 Å². The molecule has 1 heterocycles. The van der Waals surface area contributed by atoms with Crippen LogP contribution in [0, 0.1) is 5.82 Å². The fraction of sp³-hybridized carbons (Fsp3) is 0.0667. The quantitative estimate of drug-likeness (QED) is 0.751. The smallest absolute Gasteiger partial charge is 0.251 e. The summed E-state index contributed by atoms with van der Waals surface area (Å²) in [5.41, 5.74) is 2.26. The molecule has 3 aromatic rings. The van der Waals surface area contributed by atoms with Gasteiger partial charge in [-0.1, -0.05) is 12.1 Å². The Balaban J connectivity index is 2.15. The highest BCUT2D eigenvalue weighted by molar-refractivity contribution is 5.95. The fourth-order valence-corrected chi connectivity index (χ4v) is 2.07. The average Bonchev–Trinajstić information content (AvgIpc) is 2.90. The van der Waals surface area contributed by atoms with E-state index in [1.165, 1.54) is 25.2 Å². The highest BCUT2D eigenvalue weighted by atomic mass is 19.1. The maximum absolute atomic E-state index is 14.0. The van der Waals surface area contributed by atoms with E-state index in [4.69, 9.17) is 0 Å². The first-order valence-corrected chi connectivity index (χ1v) is 6.16. The van der Waals surface area contributed by atoms with Gasteiger partial charge in [0.05, 0.1) is 16.6 Å². The third-order valence-electron chi connectivity index (χ3n) is 3.10. The Hall–Kier alpha value is -2.69. The number of fused-ring (bicyclic) bond motifs is 1. The van der Waals surface area contributed by atoms with E-state index in [9.17, 15) is 9.18 Å². The molecule has 100 valence electrons. The first kappa shape index (κ1) is 12.3. The van der Waals surface area contributed by atoms with Crippen molar-refractivity contribution >= 4 is 16.9 Å².